The smallest absolute Gasteiger partial charge is 0.227 e. The number of aromatic hydroxyl groups is 2. The SMILES string of the molecule is C=CC1CC(=O)N(c2cc(O)cc(O)c2)C1. The van der Waals surface area contributed by atoms with Gasteiger partial charge in [0.25, 0.3) is 0 Å². The van der Waals surface area contributed by atoms with Crippen molar-refractivity contribution in [2.45, 2.75) is 6.42 Å². The van der Waals surface area contributed by atoms with Gasteiger partial charge in [-0.1, -0.05) is 6.08 Å². The summed E-state index contributed by atoms with van der Waals surface area (Å²) < 4.78 is 0. The van der Waals surface area contributed by atoms with Crippen LogP contribution in [0, 0.1) is 5.92 Å². The van der Waals surface area contributed by atoms with Crippen molar-refractivity contribution in [1.29, 1.82) is 0 Å². The summed E-state index contributed by atoms with van der Waals surface area (Å²) in [7, 11) is 0. The van der Waals surface area contributed by atoms with Crippen LogP contribution in [0.1, 0.15) is 6.42 Å². The van der Waals surface area contributed by atoms with Gasteiger partial charge in [0.2, 0.25) is 5.91 Å². The van der Waals surface area contributed by atoms with Crippen molar-refractivity contribution in [3.8, 4) is 11.5 Å². The van der Waals surface area contributed by atoms with E-state index in [0.29, 0.717) is 18.7 Å². The second-order valence-corrected chi connectivity index (χ2v) is 3.91. The first-order valence-electron chi connectivity index (χ1n) is 5.06. The number of hydrogen-bond donors (Lipinski definition) is 2. The zero-order valence-electron chi connectivity index (χ0n) is 8.76. The normalized spacial score (nSPS) is 20.1. The lowest BCUT2D eigenvalue weighted by molar-refractivity contribution is -0.117. The average molecular weight is 219 g/mol. The molecule has 84 valence electrons. The highest BCUT2D eigenvalue weighted by molar-refractivity contribution is 5.96. The third-order valence-electron chi connectivity index (χ3n) is 2.69. The van der Waals surface area contributed by atoms with E-state index in [-0.39, 0.29) is 23.3 Å². The summed E-state index contributed by atoms with van der Waals surface area (Å²) in [5, 5.41) is 18.7. The summed E-state index contributed by atoms with van der Waals surface area (Å²) in [5.74, 6) is 0.0154. The Morgan fingerprint density at radius 3 is 2.44 bits per heavy atom. The van der Waals surface area contributed by atoms with Gasteiger partial charge in [-0.05, 0) is 0 Å². The van der Waals surface area contributed by atoms with Crippen LogP contribution in [-0.4, -0.2) is 22.7 Å². The molecular formula is C12H13NO3. The van der Waals surface area contributed by atoms with Crippen molar-refractivity contribution in [2.75, 3.05) is 11.4 Å². The zero-order valence-corrected chi connectivity index (χ0v) is 8.76. The molecule has 1 fully saturated rings. The topological polar surface area (TPSA) is 60.8 Å². The van der Waals surface area contributed by atoms with Crippen molar-refractivity contribution < 1.29 is 15.0 Å². The van der Waals surface area contributed by atoms with Crippen molar-refractivity contribution in [3.05, 3.63) is 30.9 Å². The quantitative estimate of drug-likeness (QED) is 0.743. The van der Waals surface area contributed by atoms with Gasteiger partial charge in [0.05, 0.1) is 5.69 Å². The average Bonchev–Trinajstić information content (AvgIpc) is 2.58. The Balaban J connectivity index is 2.30. The van der Waals surface area contributed by atoms with Crippen molar-refractivity contribution in [3.63, 3.8) is 0 Å². The van der Waals surface area contributed by atoms with Crippen LogP contribution in [0.5, 0.6) is 11.5 Å². The molecule has 1 aliphatic heterocycles. The van der Waals surface area contributed by atoms with E-state index >= 15 is 0 Å². The van der Waals surface area contributed by atoms with E-state index in [9.17, 15) is 15.0 Å². The molecule has 0 radical (unpaired) electrons. The van der Waals surface area contributed by atoms with Gasteiger partial charge in [-0.2, -0.15) is 0 Å². The van der Waals surface area contributed by atoms with Gasteiger partial charge < -0.3 is 15.1 Å². The van der Waals surface area contributed by atoms with Crippen LogP contribution in [0.3, 0.4) is 0 Å². The molecule has 1 unspecified atom stereocenters. The molecule has 1 saturated heterocycles. The molecule has 1 aromatic carbocycles. The summed E-state index contributed by atoms with van der Waals surface area (Å²) in [4.78, 5) is 13.2. The summed E-state index contributed by atoms with van der Waals surface area (Å²) >= 11 is 0. The molecule has 0 aromatic heterocycles. The van der Waals surface area contributed by atoms with Gasteiger partial charge >= 0.3 is 0 Å². The lowest BCUT2D eigenvalue weighted by Crippen LogP contribution is -2.24. The minimum absolute atomic E-state index is 0.0186. The molecule has 16 heavy (non-hydrogen) atoms. The number of rotatable bonds is 2. The molecule has 2 rings (SSSR count). The van der Waals surface area contributed by atoms with Gasteiger partial charge in [-0.15, -0.1) is 6.58 Å². The largest absolute Gasteiger partial charge is 0.508 e. The summed E-state index contributed by atoms with van der Waals surface area (Å²) in [5.41, 5.74) is 0.520. The number of hydrogen-bond acceptors (Lipinski definition) is 3. The molecule has 0 spiro atoms. The highest BCUT2D eigenvalue weighted by atomic mass is 16.3. The second-order valence-electron chi connectivity index (χ2n) is 3.91. The fraction of sp³-hybridized carbons (Fsp3) is 0.250. The molecule has 1 atom stereocenters. The molecule has 1 amide bonds. The number of anilines is 1. The van der Waals surface area contributed by atoms with Gasteiger partial charge in [0.15, 0.2) is 0 Å². The molecule has 2 N–H and O–H groups in total. The van der Waals surface area contributed by atoms with Gasteiger partial charge in [0, 0.05) is 37.1 Å². The maximum Gasteiger partial charge on any atom is 0.227 e. The lowest BCUT2D eigenvalue weighted by Gasteiger charge is -2.16. The van der Waals surface area contributed by atoms with Crippen molar-refractivity contribution in [2.24, 2.45) is 5.92 Å². The predicted molar refractivity (Wildman–Crippen MR) is 60.4 cm³/mol. The van der Waals surface area contributed by atoms with Gasteiger partial charge in [-0.25, -0.2) is 0 Å². The number of nitrogens with zero attached hydrogens (tertiary/aromatic N) is 1. The van der Waals surface area contributed by atoms with E-state index in [0.717, 1.165) is 0 Å². The minimum Gasteiger partial charge on any atom is -0.508 e. The van der Waals surface area contributed by atoms with Crippen LogP contribution in [0.15, 0.2) is 30.9 Å². The Morgan fingerprint density at radius 2 is 1.94 bits per heavy atom. The lowest BCUT2D eigenvalue weighted by atomic mass is 10.1. The number of benzene rings is 1. The Bertz CT molecular complexity index is 422. The highest BCUT2D eigenvalue weighted by Crippen LogP contribution is 2.31. The Kier molecular flexibility index (Phi) is 2.56. The summed E-state index contributed by atoms with van der Waals surface area (Å²) in [6.07, 6.45) is 2.18. The molecule has 0 aliphatic carbocycles. The van der Waals surface area contributed by atoms with Crippen molar-refractivity contribution >= 4 is 11.6 Å². The second kappa shape index (κ2) is 3.89. The number of amides is 1. The number of carbonyl (C=O) groups excluding carboxylic acids is 1. The van der Waals surface area contributed by atoms with Crippen molar-refractivity contribution in [1.82, 2.24) is 0 Å². The van der Waals surface area contributed by atoms with E-state index in [1.165, 1.54) is 18.2 Å². The Hall–Kier alpha value is -1.97. The third kappa shape index (κ3) is 1.86. The van der Waals surface area contributed by atoms with Crippen LogP contribution >= 0.6 is 0 Å². The molecule has 1 aromatic rings. The van der Waals surface area contributed by atoms with Gasteiger partial charge in [-0.3, -0.25) is 4.79 Å². The molecule has 0 saturated carbocycles. The van der Waals surface area contributed by atoms with E-state index < -0.39 is 0 Å². The predicted octanol–water partition coefficient (Wildman–Crippen LogP) is 1.64. The van der Waals surface area contributed by atoms with E-state index in [2.05, 4.69) is 6.58 Å². The zero-order chi connectivity index (χ0) is 11.7. The first-order valence-corrected chi connectivity index (χ1v) is 5.06. The van der Waals surface area contributed by atoms with Crippen LogP contribution in [-0.2, 0) is 4.79 Å². The summed E-state index contributed by atoms with van der Waals surface area (Å²) in [6, 6.07) is 4.15. The molecule has 4 nitrogen and oxygen atoms in total. The Labute approximate surface area is 93.4 Å². The van der Waals surface area contributed by atoms with Crippen LogP contribution in [0.2, 0.25) is 0 Å². The maximum absolute atomic E-state index is 11.7. The molecule has 4 heteroatoms. The molecule has 1 heterocycles. The fourth-order valence-corrected chi connectivity index (χ4v) is 1.88. The van der Waals surface area contributed by atoms with E-state index in [1.807, 2.05) is 0 Å². The minimum atomic E-state index is -0.0511. The number of phenolic OH excluding ortho intramolecular Hbond substituents is 2. The number of carbonyl (C=O) groups is 1. The molecular weight excluding hydrogens is 206 g/mol. The third-order valence-corrected chi connectivity index (χ3v) is 2.69. The fourth-order valence-electron chi connectivity index (χ4n) is 1.88. The first-order chi connectivity index (χ1) is 7.60. The first kappa shape index (κ1) is 10.5. The Morgan fingerprint density at radius 1 is 1.31 bits per heavy atom. The van der Waals surface area contributed by atoms with E-state index in [1.54, 1.807) is 11.0 Å². The summed E-state index contributed by atoms with van der Waals surface area (Å²) in [6.45, 7) is 4.21. The standard InChI is InChI=1S/C12H13NO3/c1-2-8-3-12(16)13(7-8)9-4-10(14)6-11(15)5-9/h2,4-6,8,14-15H,1,3,7H2. The van der Waals surface area contributed by atoms with Crippen LogP contribution in [0.4, 0.5) is 5.69 Å². The van der Waals surface area contributed by atoms with Crippen LogP contribution < -0.4 is 4.90 Å². The maximum atomic E-state index is 11.7. The molecule has 0 bridgehead atoms. The highest BCUT2D eigenvalue weighted by Gasteiger charge is 2.29. The molecule has 1 aliphatic rings. The monoisotopic (exact) mass is 219 g/mol. The number of phenols is 2. The van der Waals surface area contributed by atoms with E-state index in [4.69, 9.17) is 0 Å². The van der Waals surface area contributed by atoms with Crippen LogP contribution in [0.25, 0.3) is 0 Å². The van der Waals surface area contributed by atoms with Gasteiger partial charge in [0.1, 0.15) is 11.5 Å².